The highest BCUT2D eigenvalue weighted by atomic mass is 35.5. The van der Waals surface area contributed by atoms with E-state index in [1.807, 2.05) is 12.1 Å². The quantitative estimate of drug-likeness (QED) is 0.777. The summed E-state index contributed by atoms with van der Waals surface area (Å²) >= 11 is 5.99. The molecule has 20 heavy (non-hydrogen) atoms. The fourth-order valence-electron chi connectivity index (χ4n) is 2.77. The number of nitrogens with zero attached hydrogens (tertiary/aromatic N) is 1. The van der Waals surface area contributed by atoms with Gasteiger partial charge in [-0.15, -0.1) is 0 Å². The monoisotopic (exact) mass is 289 g/mol. The van der Waals surface area contributed by atoms with Gasteiger partial charge in [0.05, 0.1) is 22.2 Å². The van der Waals surface area contributed by atoms with E-state index in [-0.39, 0.29) is 16.4 Å². The second kappa shape index (κ2) is 5.33. The molecular formula is C16H13ClFNO. The molecule has 0 fully saturated rings. The Morgan fingerprint density at radius 3 is 2.95 bits per heavy atom. The Hall–Kier alpha value is -1.74. The topological polar surface area (TPSA) is 30.0 Å². The van der Waals surface area contributed by atoms with Gasteiger partial charge in [0.1, 0.15) is 5.82 Å². The van der Waals surface area contributed by atoms with Crippen molar-refractivity contribution in [3.05, 3.63) is 64.2 Å². The summed E-state index contributed by atoms with van der Waals surface area (Å²) in [6.45, 7) is 0. The molecule has 3 rings (SSSR count). The third kappa shape index (κ3) is 2.22. The summed E-state index contributed by atoms with van der Waals surface area (Å²) < 4.78 is 13.9. The highest BCUT2D eigenvalue weighted by Gasteiger charge is 2.31. The average Bonchev–Trinajstić information content (AvgIpc) is 2.46. The summed E-state index contributed by atoms with van der Waals surface area (Å²) in [5, 5.41) is 0.165. The van der Waals surface area contributed by atoms with Gasteiger partial charge in [-0.25, -0.2) is 4.39 Å². The Bertz CT molecular complexity index is 651. The first-order chi connectivity index (χ1) is 9.68. The third-order valence-electron chi connectivity index (χ3n) is 3.72. The van der Waals surface area contributed by atoms with Crippen LogP contribution in [0, 0.1) is 5.82 Å². The Kier molecular flexibility index (Phi) is 3.53. The Balaban J connectivity index is 2.05. The van der Waals surface area contributed by atoms with E-state index in [1.165, 1.54) is 12.1 Å². The van der Waals surface area contributed by atoms with E-state index >= 15 is 0 Å². The number of hydrogen-bond acceptors (Lipinski definition) is 2. The Morgan fingerprint density at radius 2 is 2.15 bits per heavy atom. The maximum absolute atomic E-state index is 13.9. The second-order valence-electron chi connectivity index (χ2n) is 4.95. The minimum atomic E-state index is -0.564. The van der Waals surface area contributed by atoms with Crippen LogP contribution in [0.25, 0.3) is 0 Å². The number of benzene rings is 1. The first-order valence-electron chi connectivity index (χ1n) is 6.60. The Labute approximate surface area is 121 Å². The van der Waals surface area contributed by atoms with E-state index in [9.17, 15) is 9.18 Å². The van der Waals surface area contributed by atoms with Crippen molar-refractivity contribution >= 4 is 17.4 Å². The van der Waals surface area contributed by atoms with Crippen LogP contribution in [0.15, 0.2) is 36.5 Å². The maximum Gasteiger partial charge on any atom is 0.176 e. The van der Waals surface area contributed by atoms with Crippen molar-refractivity contribution in [3.8, 4) is 0 Å². The molecular weight excluding hydrogens is 277 g/mol. The summed E-state index contributed by atoms with van der Waals surface area (Å²) in [6, 6.07) is 8.15. The van der Waals surface area contributed by atoms with Crippen LogP contribution in [-0.4, -0.2) is 10.8 Å². The summed E-state index contributed by atoms with van der Waals surface area (Å²) in [7, 11) is 0. The van der Waals surface area contributed by atoms with E-state index in [4.69, 9.17) is 11.6 Å². The molecule has 0 bridgehead atoms. The molecule has 1 aliphatic rings. The lowest BCUT2D eigenvalue weighted by Gasteiger charge is -2.23. The fourth-order valence-corrected chi connectivity index (χ4v) is 3.03. The number of pyridine rings is 1. The van der Waals surface area contributed by atoms with Crippen LogP contribution in [0.4, 0.5) is 4.39 Å². The number of carbonyl (C=O) groups excluding carboxylic acids is 1. The molecule has 1 atom stereocenters. The van der Waals surface area contributed by atoms with Gasteiger partial charge < -0.3 is 0 Å². The van der Waals surface area contributed by atoms with Crippen LogP contribution in [0.2, 0.25) is 5.02 Å². The number of rotatable bonds is 2. The van der Waals surface area contributed by atoms with Crippen molar-refractivity contribution < 1.29 is 9.18 Å². The van der Waals surface area contributed by atoms with Crippen molar-refractivity contribution in [3.63, 3.8) is 0 Å². The first-order valence-corrected chi connectivity index (χ1v) is 6.98. The summed E-state index contributed by atoms with van der Waals surface area (Å²) in [5.74, 6) is -1.23. The molecule has 0 saturated carbocycles. The molecule has 2 nitrogen and oxygen atoms in total. The molecule has 1 aromatic carbocycles. The van der Waals surface area contributed by atoms with Gasteiger partial charge >= 0.3 is 0 Å². The van der Waals surface area contributed by atoms with E-state index in [1.54, 1.807) is 12.3 Å². The van der Waals surface area contributed by atoms with Crippen LogP contribution in [0.1, 0.15) is 40.4 Å². The van der Waals surface area contributed by atoms with Crippen LogP contribution < -0.4 is 0 Å². The van der Waals surface area contributed by atoms with Crippen LogP contribution in [-0.2, 0) is 6.42 Å². The second-order valence-corrected chi connectivity index (χ2v) is 5.36. The molecule has 1 heterocycles. The third-order valence-corrected chi connectivity index (χ3v) is 4.04. The summed E-state index contributed by atoms with van der Waals surface area (Å²) in [5.41, 5.74) is 1.82. The first kappa shape index (κ1) is 13.3. The molecule has 0 spiro atoms. The molecule has 0 N–H and O–H groups in total. The molecule has 0 saturated heterocycles. The number of aromatic nitrogens is 1. The van der Waals surface area contributed by atoms with Crippen molar-refractivity contribution in [2.45, 2.75) is 25.2 Å². The zero-order valence-electron chi connectivity index (χ0n) is 10.8. The minimum absolute atomic E-state index is 0.0160. The number of Topliss-reactive ketones (excluding diaryl/α,β-unsaturated/α-hetero) is 1. The van der Waals surface area contributed by atoms with E-state index in [0.29, 0.717) is 6.42 Å². The molecule has 1 aliphatic carbocycles. The van der Waals surface area contributed by atoms with Crippen molar-refractivity contribution in [2.75, 3.05) is 0 Å². The summed E-state index contributed by atoms with van der Waals surface area (Å²) in [6.07, 6.45) is 4.18. The molecule has 1 unspecified atom stereocenters. The molecule has 102 valence electrons. The largest absolute Gasteiger partial charge is 0.293 e. The lowest BCUT2D eigenvalue weighted by molar-refractivity contribution is 0.0945. The lowest BCUT2D eigenvalue weighted by atomic mass is 9.82. The van der Waals surface area contributed by atoms with Crippen LogP contribution >= 0.6 is 11.6 Å². The predicted octanol–water partition coefficient (Wildman–Crippen LogP) is 4.18. The van der Waals surface area contributed by atoms with Gasteiger partial charge in [-0.1, -0.05) is 23.7 Å². The highest BCUT2D eigenvalue weighted by molar-refractivity contribution is 6.34. The molecule has 4 heteroatoms. The summed E-state index contributed by atoms with van der Waals surface area (Å²) in [4.78, 5) is 17.0. The SMILES string of the molecule is O=C(c1c(F)cccc1Cl)C1CCCc2cccnc21. The standard InChI is InChI=1S/C16H13ClFNO/c17-12-7-2-8-13(18)14(12)16(20)11-6-1-4-10-5-3-9-19-15(10)11/h2-3,5,7-9,11H,1,4,6H2. The number of aryl methyl sites for hydroxylation is 1. The average molecular weight is 290 g/mol. The van der Waals surface area contributed by atoms with Gasteiger partial charge in [0.25, 0.3) is 0 Å². The van der Waals surface area contributed by atoms with Crippen molar-refractivity contribution in [2.24, 2.45) is 0 Å². The van der Waals surface area contributed by atoms with Gasteiger partial charge in [0.15, 0.2) is 5.78 Å². The molecule has 1 aromatic heterocycles. The normalized spacial score (nSPS) is 17.6. The fraction of sp³-hybridized carbons (Fsp3) is 0.250. The molecule has 0 amide bonds. The van der Waals surface area contributed by atoms with Gasteiger partial charge in [0.2, 0.25) is 0 Å². The molecule has 0 aliphatic heterocycles. The molecule has 2 aromatic rings. The number of fused-ring (bicyclic) bond motifs is 1. The van der Waals surface area contributed by atoms with E-state index in [0.717, 1.165) is 24.1 Å². The van der Waals surface area contributed by atoms with Gasteiger partial charge in [0, 0.05) is 6.20 Å². The van der Waals surface area contributed by atoms with Crippen molar-refractivity contribution in [1.82, 2.24) is 4.98 Å². The number of carbonyl (C=O) groups is 1. The van der Waals surface area contributed by atoms with Gasteiger partial charge in [-0.3, -0.25) is 9.78 Å². The number of ketones is 1. The van der Waals surface area contributed by atoms with Crippen LogP contribution in [0.5, 0.6) is 0 Å². The predicted molar refractivity (Wildman–Crippen MR) is 75.7 cm³/mol. The van der Waals surface area contributed by atoms with E-state index < -0.39 is 11.7 Å². The minimum Gasteiger partial charge on any atom is -0.293 e. The Morgan fingerprint density at radius 1 is 1.30 bits per heavy atom. The zero-order chi connectivity index (χ0) is 14.1. The highest BCUT2D eigenvalue weighted by Crippen LogP contribution is 2.34. The zero-order valence-corrected chi connectivity index (χ0v) is 11.5. The van der Waals surface area contributed by atoms with Gasteiger partial charge in [-0.2, -0.15) is 0 Å². The smallest absolute Gasteiger partial charge is 0.176 e. The van der Waals surface area contributed by atoms with Crippen LogP contribution in [0.3, 0.4) is 0 Å². The maximum atomic E-state index is 13.9. The van der Waals surface area contributed by atoms with Crippen molar-refractivity contribution in [1.29, 1.82) is 0 Å². The number of halogens is 2. The lowest BCUT2D eigenvalue weighted by Crippen LogP contribution is -2.21. The number of hydrogen-bond donors (Lipinski definition) is 0. The molecule has 0 radical (unpaired) electrons. The van der Waals surface area contributed by atoms with E-state index in [2.05, 4.69) is 4.98 Å². The van der Waals surface area contributed by atoms with Gasteiger partial charge in [-0.05, 0) is 43.0 Å².